The molecule has 0 atom stereocenters. The molecule has 2 heterocycles. The van der Waals surface area contributed by atoms with Gasteiger partial charge in [-0.3, -0.25) is 9.36 Å². The number of thiophene rings is 1. The Morgan fingerprint density at radius 1 is 1.27 bits per heavy atom. The maximum Gasteiger partial charge on any atom is 0.234 e. The Bertz CT molecular complexity index is 862. The van der Waals surface area contributed by atoms with Gasteiger partial charge in [0, 0.05) is 12.8 Å². The largest absolute Gasteiger partial charge is 0.383 e. The average molecular weight is 389 g/mol. The minimum absolute atomic E-state index is 0.0664. The fourth-order valence-electron chi connectivity index (χ4n) is 2.40. The molecule has 0 aliphatic carbocycles. The Hall–Kier alpha value is -2.16. The third-order valence-electron chi connectivity index (χ3n) is 3.73. The quantitative estimate of drug-likeness (QED) is 0.596. The van der Waals surface area contributed by atoms with E-state index in [1.54, 1.807) is 18.4 Å². The van der Waals surface area contributed by atoms with E-state index in [0.717, 1.165) is 22.0 Å². The standard InChI is InChI=1S/C18H20N4O2S2/c1-13-6-3-4-7-14(13)19-16(23)12-26-18-21-20-17(15-8-5-11-25-15)22(18)9-10-24-2/h3-8,11H,9-10,12H2,1-2H3,(H,19,23). The zero-order chi connectivity index (χ0) is 18.4. The van der Waals surface area contributed by atoms with Gasteiger partial charge in [0.25, 0.3) is 0 Å². The second kappa shape index (κ2) is 8.98. The summed E-state index contributed by atoms with van der Waals surface area (Å²) in [5.74, 6) is 1.01. The number of carbonyl (C=O) groups is 1. The van der Waals surface area contributed by atoms with Crippen LogP contribution in [-0.2, 0) is 16.1 Å². The number of anilines is 1. The van der Waals surface area contributed by atoms with E-state index in [1.807, 2.05) is 53.3 Å². The van der Waals surface area contributed by atoms with E-state index in [9.17, 15) is 4.79 Å². The van der Waals surface area contributed by atoms with Crippen molar-refractivity contribution in [3.8, 4) is 10.7 Å². The molecule has 0 saturated heterocycles. The number of amides is 1. The van der Waals surface area contributed by atoms with Crippen LogP contribution in [0.5, 0.6) is 0 Å². The lowest BCUT2D eigenvalue weighted by atomic mass is 10.2. The highest BCUT2D eigenvalue weighted by atomic mass is 32.2. The average Bonchev–Trinajstić information content (AvgIpc) is 3.29. The molecule has 0 unspecified atom stereocenters. The molecular weight excluding hydrogens is 368 g/mol. The number of thioether (sulfide) groups is 1. The molecule has 1 amide bonds. The number of ether oxygens (including phenoxy) is 1. The van der Waals surface area contributed by atoms with Crippen LogP contribution >= 0.6 is 23.1 Å². The molecule has 3 aromatic rings. The fourth-order valence-corrected chi connectivity index (χ4v) is 3.88. The van der Waals surface area contributed by atoms with Gasteiger partial charge >= 0.3 is 0 Å². The van der Waals surface area contributed by atoms with Crippen LogP contribution < -0.4 is 5.32 Å². The molecule has 0 aliphatic heterocycles. The van der Waals surface area contributed by atoms with Crippen LogP contribution in [0, 0.1) is 6.92 Å². The molecule has 3 rings (SSSR count). The van der Waals surface area contributed by atoms with Crippen molar-refractivity contribution in [3.63, 3.8) is 0 Å². The van der Waals surface area contributed by atoms with E-state index in [2.05, 4.69) is 15.5 Å². The topological polar surface area (TPSA) is 69.0 Å². The molecule has 1 aromatic carbocycles. The number of carbonyl (C=O) groups excluding carboxylic acids is 1. The van der Waals surface area contributed by atoms with Gasteiger partial charge in [-0.2, -0.15) is 0 Å². The third-order valence-corrected chi connectivity index (χ3v) is 5.56. The van der Waals surface area contributed by atoms with E-state index in [-0.39, 0.29) is 11.7 Å². The first-order valence-electron chi connectivity index (χ1n) is 8.13. The van der Waals surface area contributed by atoms with Crippen molar-refractivity contribution in [1.82, 2.24) is 14.8 Å². The molecule has 8 heteroatoms. The number of aryl methyl sites for hydroxylation is 1. The molecule has 0 saturated carbocycles. The van der Waals surface area contributed by atoms with Gasteiger partial charge in [0.15, 0.2) is 11.0 Å². The minimum Gasteiger partial charge on any atom is -0.383 e. The number of nitrogens with zero attached hydrogens (tertiary/aromatic N) is 3. The van der Waals surface area contributed by atoms with Crippen molar-refractivity contribution in [1.29, 1.82) is 0 Å². The highest BCUT2D eigenvalue weighted by Gasteiger charge is 2.16. The fraction of sp³-hybridized carbons (Fsp3) is 0.278. The van der Waals surface area contributed by atoms with Crippen molar-refractivity contribution in [2.75, 3.05) is 24.8 Å². The number of aromatic nitrogens is 3. The molecular formula is C18H20N4O2S2. The lowest BCUT2D eigenvalue weighted by Crippen LogP contribution is -2.15. The molecule has 1 N–H and O–H groups in total. The normalized spacial score (nSPS) is 10.8. The molecule has 0 fully saturated rings. The Morgan fingerprint density at radius 2 is 2.12 bits per heavy atom. The van der Waals surface area contributed by atoms with Crippen molar-refractivity contribution in [2.24, 2.45) is 0 Å². The van der Waals surface area contributed by atoms with Gasteiger partial charge in [-0.15, -0.1) is 21.5 Å². The van der Waals surface area contributed by atoms with E-state index >= 15 is 0 Å². The summed E-state index contributed by atoms with van der Waals surface area (Å²) in [5, 5.41) is 14.2. The Morgan fingerprint density at radius 3 is 2.85 bits per heavy atom. The summed E-state index contributed by atoms with van der Waals surface area (Å²) < 4.78 is 7.20. The van der Waals surface area contributed by atoms with Crippen LogP contribution in [0.3, 0.4) is 0 Å². The van der Waals surface area contributed by atoms with Gasteiger partial charge in [0.05, 0.1) is 23.8 Å². The highest BCUT2D eigenvalue weighted by molar-refractivity contribution is 7.99. The summed E-state index contributed by atoms with van der Waals surface area (Å²) in [6.45, 7) is 3.16. The first-order chi connectivity index (χ1) is 12.7. The lowest BCUT2D eigenvalue weighted by molar-refractivity contribution is -0.113. The van der Waals surface area contributed by atoms with E-state index in [1.165, 1.54) is 11.8 Å². The molecule has 0 radical (unpaired) electrons. The summed E-state index contributed by atoms with van der Waals surface area (Å²) in [6, 6.07) is 11.7. The van der Waals surface area contributed by atoms with E-state index < -0.39 is 0 Å². The van der Waals surface area contributed by atoms with Crippen molar-refractivity contribution < 1.29 is 9.53 Å². The van der Waals surface area contributed by atoms with Gasteiger partial charge in [0.1, 0.15) is 0 Å². The number of nitrogens with one attached hydrogen (secondary N) is 1. The van der Waals surface area contributed by atoms with Crippen LogP contribution in [0.25, 0.3) is 10.7 Å². The second-order valence-electron chi connectivity index (χ2n) is 5.58. The summed E-state index contributed by atoms with van der Waals surface area (Å²) in [7, 11) is 1.66. The summed E-state index contributed by atoms with van der Waals surface area (Å²) >= 11 is 2.99. The zero-order valence-corrected chi connectivity index (χ0v) is 16.3. The van der Waals surface area contributed by atoms with Gasteiger partial charge < -0.3 is 10.1 Å². The first kappa shape index (κ1) is 18.6. The maximum absolute atomic E-state index is 12.3. The van der Waals surface area contributed by atoms with Crippen LogP contribution in [0.4, 0.5) is 5.69 Å². The van der Waals surface area contributed by atoms with Crippen molar-refractivity contribution in [2.45, 2.75) is 18.6 Å². The number of benzene rings is 1. The smallest absolute Gasteiger partial charge is 0.234 e. The number of para-hydroxylation sites is 1. The number of rotatable bonds is 8. The molecule has 26 heavy (non-hydrogen) atoms. The molecule has 136 valence electrons. The molecule has 0 aliphatic rings. The number of hydrogen-bond acceptors (Lipinski definition) is 6. The maximum atomic E-state index is 12.3. The third kappa shape index (κ3) is 4.51. The molecule has 0 spiro atoms. The monoisotopic (exact) mass is 388 g/mol. The Balaban J connectivity index is 1.69. The van der Waals surface area contributed by atoms with Gasteiger partial charge in [0.2, 0.25) is 5.91 Å². The predicted octanol–water partition coefficient (Wildman–Crippen LogP) is 3.69. The summed E-state index contributed by atoms with van der Waals surface area (Å²) in [5.41, 5.74) is 1.87. The van der Waals surface area contributed by atoms with Gasteiger partial charge in [-0.25, -0.2) is 0 Å². The van der Waals surface area contributed by atoms with Crippen LogP contribution in [0.15, 0.2) is 46.9 Å². The van der Waals surface area contributed by atoms with E-state index in [0.29, 0.717) is 18.3 Å². The van der Waals surface area contributed by atoms with E-state index in [4.69, 9.17) is 4.74 Å². The SMILES string of the molecule is COCCn1c(SCC(=O)Nc2ccccc2C)nnc1-c1cccs1. The summed E-state index contributed by atoms with van der Waals surface area (Å²) in [6.07, 6.45) is 0. The summed E-state index contributed by atoms with van der Waals surface area (Å²) in [4.78, 5) is 13.3. The second-order valence-corrected chi connectivity index (χ2v) is 7.47. The zero-order valence-electron chi connectivity index (χ0n) is 14.6. The minimum atomic E-state index is -0.0664. The Labute approximate surface area is 160 Å². The van der Waals surface area contributed by atoms with Crippen molar-refractivity contribution >= 4 is 34.7 Å². The van der Waals surface area contributed by atoms with Crippen molar-refractivity contribution in [3.05, 3.63) is 47.3 Å². The van der Waals surface area contributed by atoms with Gasteiger partial charge in [-0.05, 0) is 30.0 Å². The number of methoxy groups -OCH3 is 1. The lowest BCUT2D eigenvalue weighted by Gasteiger charge is -2.10. The molecule has 6 nitrogen and oxygen atoms in total. The first-order valence-corrected chi connectivity index (χ1v) is 10.00. The predicted molar refractivity (Wildman–Crippen MR) is 106 cm³/mol. The van der Waals surface area contributed by atoms with Crippen LogP contribution in [0.2, 0.25) is 0 Å². The highest BCUT2D eigenvalue weighted by Crippen LogP contribution is 2.27. The molecule has 2 aromatic heterocycles. The number of hydrogen-bond donors (Lipinski definition) is 1. The van der Waals surface area contributed by atoms with Crippen LogP contribution in [-0.4, -0.2) is 40.1 Å². The molecule has 0 bridgehead atoms. The van der Waals surface area contributed by atoms with Gasteiger partial charge in [-0.1, -0.05) is 36.0 Å². The van der Waals surface area contributed by atoms with Crippen LogP contribution in [0.1, 0.15) is 5.56 Å². The Kier molecular flexibility index (Phi) is 6.43.